The van der Waals surface area contributed by atoms with Gasteiger partial charge in [-0.3, -0.25) is 4.98 Å². The molecule has 0 bridgehead atoms. The number of aliphatic hydroxyl groups is 1. The van der Waals surface area contributed by atoms with Gasteiger partial charge in [-0.15, -0.1) is 0 Å². The third kappa shape index (κ3) is 2.77. The molecule has 0 aliphatic heterocycles. The van der Waals surface area contributed by atoms with Crippen molar-refractivity contribution in [1.29, 1.82) is 0 Å². The van der Waals surface area contributed by atoms with Gasteiger partial charge < -0.3 is 5.11 Å². The SMILES string of the molecule is CCC(C)c1ccc(C(O)c2ccncc2)cc1. The van der Waals surface area contributed by atoms with Crippen molar-refractivity contribution in [2.45, 2.75) is 32.3 Å². The lowest BCUT2D eigenvalue weighted by Gasteiger charge is -2.13. The first kappa shape index (κ1) is 12.8. The molecule has 0 fully saturated rings. The molecular formula is C16H19NO. The highest BCUT2D eigenvalue weighted by molar-refractivity contribution is 5.31. The summed E-state index contributed by atoms with van der Waals surface area (Å²) in [7, 11) is 0. The predicted octanol–water partition coefficient (Wildman–Crippen LogP) is 3.68. The summed E-state index contributed by atoms with van der Waals surface area (Å²) in [5, 5.41) is 10.3. The van der Waals surface area contributed by atoms with E-state index in [0.717, 1.165) is 17.5 Å². The lowest BCUT2D eigenvalue weighted by atomic mass is 9.95. The number of aromatic nitrogens is 1. The van der Waals surface area contributed by atoms with Crippen molar-refractivity contribution in [2.75, 3.05) is 0 Å². The lowest BCUT2D eigenvalue weighted by Crippen LogP contribution is -2.00. The van der Waals surface area contributed by atoms with E-state index in [-0.39, 0.29) is 0 Å². The molecule has 1 aromatic heterocycles. The van der Waals surface area contributed by atoms with Gasteiger partial charge >= 0.3 is 0 Å². The average molecular weight is 241 g/mol. The zero-order valence-corrected chi connectivity index (χ0v) is 10.9. The van der Waals surface area contributed by atoms with E-state index in [2.05, 4.69) is 31.0 Å². The molecule has 1 heterocycles. The van der Waals surface area contributed by atoms with Crippen molar-refractivity contribution >= 4 is 0 Å². The maximum Gasteiger partial charge on any atom is 0.104 e. The van der Waals surface area contributed by atoms with Crippen LogP contribution in [0, 0.1) is 0 Å². The van der Waals surface area contributed by atoms with Crippen molar-refractivity contribution in [1.82, 2.24) is 4.98 Å². The summed E-state index contributed by atoms with van der Waals surface area (Å²) in [6, 6.07) is 11.9. The fraction of sp³-hybridized carbons (Fsp3) is 0.312. The fourth-order valence-electron chi connectivity index (χ4n) is 1.98. The number of aliphatic hydroxyl groups excluding tert-OH is 1. The van der Waals surface area contributed by atoms with E-state index in [0.29, 0.717) is 5.92 Å². The van der Waals surface area contributed by atoms with Crippen LogP contribution in [-0.4, -0.2) is 10.1 Å². The monoisotopic (exact) mass is 241 g/mol. The van der Waals surface area contributed by atoms with Crippen LogP contribution in [0.4, 0.5) is 0 Å². The number of hydrogen-bond acceptors (Lipinski definition) is 2. The van der Waals surface area contributed by atoms with E-state index >= 15 is 0 Å². The Balaban J connectivity index is 2.19. The molecule has 2 heteroatoms. The Morgan fingerprint density at radius 2 is 1.44 bits per heavy atom. The second-order valence-corrected chi connectivity index (χ2v) is 4.66. The normalized spacial score (nSPS) is 14.2. The van der Waals surface area contributed by atoms with Gasteiger partial charge in [-0.25, -0.2) is 0 Å². The Hall–Kier alpha value is -1.67. The second kappa shape index (κ2) is 5.78. The van der Waals surface area contributed by atoms with Gasteiger partial charge in [-0.1, -0.05) is 38.1 Å². The summed E-state index contributed by atoms with van der Waals surface area (Å²) < 4.78 is 0. The van der Waals surface area contributed by atoms with Gasteiger partial charge in [0.1, 0.15) is 6.10 Å². The molecule has 0 amide bonds. The zero-order chi connectivity index (χ0) is 13.0. The first-order valence-corrected chi connectivity index (χ1v) is 6.40. The standard InChI is InChI=1S/C16H19NO/c1-3-12(2)13-4-6-14(7-5-13)16(18)15-8-10-17-11-9-15/h4-12,16,18H,3H2,1-2H3. The molecule has 0 saturated carbocycles. The van der Waals surface area contributed by atoms with E-state index < -0.39 is 6.10 Å². The van der Waals surface area contributed by atoms with Crippen LogP contribution in [0.5, 0.6) is 0 Å². The number of nitrogens with zero attached hydrogens (tertiary/aromatic N) is 1. The molecule has 94 valence electrons. The third-order valence-electron chi connectivity index (χ3n) is 3.46. The fourth-order valence-corrected chi connectivity index (χ4v) is 1.98. The molecule has 1 aromatic carbocycles. The molecule has 0 radical (unpaired) electrons. The molecular weight excluding hydrogens is 222 g/mol. The molecule has 0 spiro atoms. The van der Waals surface area contributed by atoms with Crippen molar-refractivity contribution in [3.8, 4) is 0 Å². The van der Waals surface area contributed by atoms with E-state index in [9.17, 15) is 5.11 Å². The van der Waals surface area contributed by atoms with Crippen LogP contribution in [0.25, 0.3) is 0 Å². The minimum Gasteiger partial charge on any atom is -0.384 e. The summed E-state index contributed by atoms with van der Waals surface area (Å²) in [4.78, 5) is 3.96. The molecule has 2 rings (SSSR count). The van der Waals surface area contributed by atoms with Crippen LogP contribution in [0.1, 0.15) is 49.0 Å². The van der Waals surface area contributed by atoms with Crippen LogP contribution in [0.3, 0.4) is 0 Å². The Bertz CT molecular complexity index is 478. The molecule has 0 aliphatic rings. The Kier molecular flexibility index (Phi) is 4.11. The summed E-state index contributed by atoms with van der Waals surface area (Å²) in [6.07, 6.45) is 3.96. The van der Waals surface area contributed by atoms with Gasteiger partial charge in [0.05, 0.1) is 0 Å². The number of pyridine rings is 1. The molecule has 2 atom stereocenters. The minimum atomic E-state index is -0.570. The van der Waals surface area contributed by atoms with Crippen molar-refractivity contribution in [2.24, 2.45) is 0 Å². The topological polar surface area (TPSA) is 33.1 Å². The van der Waals surface area contributed by atoms with Crippen LogP contribution in [0.2, 0.25) is 0 Å². The van der Waals surface area contributed by atoms with Gasteiger partial charge in [-0.2, -0.15) is 0 Å². The largest absolute Gasteiger partial charge is 0.384 e. The smallest absolute Gasteiger partial charge is 0.104 e. The number of hydrogen-bond donors (Lipinski definition) is 1. The number of rotatable bonds is 4. The number of benzene rings is 1. The van der Waals surface area contributed by atoms with Gasteiger partial charge in [0.25, 0.3) is 0 Å². The van der Waals surface area contributed by atoms with Gasteiger partial charge in [0, 0.05) is 12.4 Å². The quantitative estimate of drug-likeness (QED) is 0.885. The Labute approximate surface area is 108 Å². The molecule has 18 heavy (non-hydrogen) atoms. The molecule has 0 aliphatic carbocycles. The highest BCUT2D eigenvalue weighted by Gasteiger charge is 2.10. The van der Waals surface area contributed by atoms with Crippen LogP contribution in [0.15, 0.2) is 48.8 Å². The zero-order valence-electron chi connectivity index (χ0n) is 10.9. The highest BCUT2D eigenvalue weighted by Crippen LogP contribution is 2.24. The van der Waals surface area contributed by atoms with Gasteiger partial charge in [-0.05, 0) is 41.2 Å². The maximum absolute atomic E-state index is 10.3. The van der Waals surface area contributed by atoms with Gasteiger partial charge in [0.15, 0.2) is 0 Å². The average Bonchev–Trinajstić information content (AvgIpc) is 2.47. The first-order valence-electron chi connectivity index (χ1n) is 6.40. The van der Waals surface area contributed by atoms with Crippen molar-refractivity contribution in [3.05, 3.63) is 65.5 Å². The van der Waals surface area contributed by atoms with Crippen LogP contribution >= 0.6 is 0 Å². The van der Waals surface area contributed by atoms with Crippen molar-refractivity contribution < 1.29 is 5.11 Å². The second-order valence-electron chi connectivity index (χ2n) is 4.66. The summed E-state index contributed by atoms with van der Waals surface area (Å²) in [5.74, 6) is 0.567. The summed E-state index contributed by atoms with van der Waals surface area (Å²) >= 11 is 0. The van der Waals surface area contributed by atoms with E-state index in [1.54, 1.807) is 12.4 Å². The van der Waals surface area contributed by atoms with Gasteiger partial charge in [0.2, 0.25) is 0 Å². The van der Waals surface area contributed by atoms with E-state index in [1.807, 2.05) is 24.3 Å². The molecule has 2 aromatic rings. The molecule has 1 N–H and O–H groups in total. The minimum absolute atomic E-state index is 0.567. The summed E-state index contributed by atoms with van der Waals surface area (Å²) in [5.41, 5.74) is 3.12. The molecule has 2 unspecified atom stereocenters. The predicted molar refractivity (Wildman–Crippen MR) is 73.4 cm³/mol. The third-order valence-corrected chi connectivity index (χ3v) is 3.46. The van der Waals surface area contributed by atoms with E-state index in [1.165, 1.54) is 5.56 Å². The lowest BCUT2D eigenvalue weighted by molar-refractivity contribution is 0.220. The first-order chi connectivity index (χ1) is 8.72. The molecule has 2 nitrogen and oxygen atoms in total. The van der Waals surface area contributed by atoms with Crippen LogP contribution in [-0.2, 0) is 0 Å². The highest BCUT2D eigenvalue weighted by atomic mass is 16.3. The maximum atomic E-state index is 10.3. The Morgan fingerprint density at radius 1 is 0.944 bits per heavy atom. The van der Waals surface area contributed by atoms with E-state index in [4.69, 9.17) is 0 Å². The molecule has 0 saturated heterocycles. The summed E-state index contributed by atoms with van der Waals surface area (Å²) in [6.45, 7) is 4.40. The Morgan fingerprint density at radius 3 is 2.00 bits per heavy atom. The van der Waals surface area contributed by atoms with Crippen molar-refractivity contribution in [3.63, 3.8) is 0 Å². The van der Waals surface area contributed by atoms with Crippen LogP contribution < -0.4 is 0 Å².